The van der Waals surface area contributed by atoms with E-state index in [4.69, 9.17) is 0 Å². The van der Waals surface area contributed by atoms with E-state index < -0.39 is 0 Å². The summed E-state index contributed by atoms with van der Waals surface area (Å²) >= 11 is 0. The lowest BCUT2D eigenvalue weighted by atomic mass is 10.1. The molecule has 2 aliphatic heterocycles. The minimum Gasteiger partial charge on any atom is -0.368 e. The van der Waals surface area contributed by atoms with Gasteiger partial charge in [0.2, 0.25) is 5.91 Å². The van der Waals surface area contributed by atoms with Crippen LogP contribution in [-0.4, -0.2) is 42.3 Å². The van der Waals surface area contributed by atoms with Crippen LogP contribution < -0.4 is 4.90 Å². The first-order valence-corrected chi connectivity index (χ1v) is 7.36. The van der Waals surface area contributed by atoms with E-state index in [9.17, 15) is 9.59 Å². The Morgan fingerprint density at radius 1 is 1.25 bits per heavy atom. The van der Waals surface area contributed by atoms with Crippen LogP contribution in [0.4, 0.5) is 5.69 Å². The molecular formula is C16H20N2O2. The predicted molar refractivity (Wildman–Crippen MR) is 78.0 cm³/mol. The lowest BCUT2D eigenvalue weighted by Gasteiger charge is -2.38. The quantitative estimate of drug-likeness (QED) is 0.791. The van der Waals surface area contributed by atoms with Gasteiger partial charge in [0.05, 0.1) is 0 Å². The number of carbonyl (C=O) groups is 2. The fourth-order valence-electron chi connectivity index (χ4n) is 3.16. The Kier molecular flexibility index (Phi) is 3.47. The molecule has 4 nitrogen and oxygen atoms in total. The number of fused-ring (bicyclic) bond motifs is 1. The molecule has 2 aliphatic rings. The van der Waals surface area contributed by atoms with Gasteiger partial charge in [-0.05, 0) is 30.7 Å². The van der Waals surface area contributed by atoms with Crippen molar-refractivity contribution in [1.82, 2.24) is 4.90 Å². The van der Waals surface area contributed by atoms with Crippen LogP contribution >= 0.6 is 0 Å². The van der Waals surface area contributed by atoms with Crippen LogP contribution in [0.5, 0.6) is 0 Å². The van der Waals surface area contributed by atoms with E-state index in [1.807, 2.05) is 36.1 Å². The van der Waals surface area contributed by atoms with Crippen LogP contribution in [-0.2, 0) is 4.79 Å². The number of benzene rings is 1. The van der Waals surface area contributed by atoms with E-state index in [0.29, 0.717) is 24.8 Å². The van der Waals surface area contributed by atoms with Crippen LogP contribution in [0, 0.1) is 0 Å². The first kappa shape index (κ1) is 13.2. The molecule has 0 saturated carbocycles. The monoisotopic (exact) mass is 272 g/mol. The van der Waals surface area contributed by atoms with Gasteiger partial charge in [0.15, 0.2) is 5.78 Å². The van der Waals surface area contributed by atoms with Crippen LogP contribution in [0.15, 0.2) is 24.3 Å². The molecule has 3 rings (SSSR count). The van der Waals surface area contributed by atoms with Gasteiger partial charge in [0.1, 0.15) is 0 Å². The van der Waals surface area contributed by atoms with E-state index in [-0.39, 0.29) is 5.78 Å². The minimum absolute atomic E-state index is 0.183. The number of hydrogen-bond donors (Lipinski definition) is 0. The number of amides is 1. The molecule has 106 valence electrons. The normalized spacial score (nSPS) is 22.1. The van der Waals surface area contributed by atoms with Gasteiger partial charge in [-0.1, -0.05) is 6.92 Å². The molecule has 2 saturated heterocycles. The maximum absolute atomic E-state index is 11.7. The number of rotatable bonds is 3. The highest BCUT2D eigenvalue weighted by atomic mass is 16.2. The fraction of sp³-hybridized carbons (Fsp3) is 0.500. The summed E-state index contributed by atoms with van der Waals surface area (Å²) in [6.07, 6.45) is 2.21. The molecule has 20 heavy (non-hydrogen) atoms. The zero-order chi connectivity index (χ0) is 14.1. The molecule has 1 atom stereocenters. The fourth-order valence-corrected chi connectivity index (χ4v) is 3.16. The SMILES string of the molecule is CCC(=O)c1ccc(N2CCN3C(=O)CCC3C2)cc1. The third-order valence-corrected chi connectivity index (χ3v) is 4.37. The first-order chi connectivity index (χ1) is 9.69. The zero-order valence-electron chi connectivity index (χ0n) is 11.8. The van der Waals surface area contributed by atoms with Crippen molar-refractivity contribution in [2.75, 3.05) is 24.5 Å². The van der Waals surface area contributed by atoms with Gasteiger partial charge in [-0.2, -0.15) is 0 Å². The summed E-state index contributed by atoms with van der Waals surface area (Å²) < 4.78 is 0. The van der Waals surface area contributed by atoms with Crippen LogP contribution in [0.3, 0.4) is 0 Å². The number of carbonyl (C=O) groups excluding carboxylic acids is 2. The van der Waals surface area contributed by atoms with Crippen molar-refractivity contribution in [1.29, 1.82) is 0 Å². The van der Waals surface area contributed by atoms with Crippen molar-refractivity contribution < 1.29 is 9.59 Å². The predicted octanol–water partition coefficient (Wildman–Crippen LogP) is 2.09. The molecule has 2 fully saturated rings. The molecule has 1 aromatic carbocycles. The van der Waals surface area contributed by atoms with Crippen molar-refractivity contribution in [2.24, 2.45) is 0 Å². The average molecular weight is 272 g/mol. The first-order valence-electron chi connectivity index (χ1n) is 7.36. The van der Waals surface area contributed by atoms with Crippen molar-refractivity contribution in [3.05, 3.63) is 29.8 Å². The van der Waals surface area contributed by atoms with E-state index in [0.717, 1.165) is 37.3 Å². The Morgan fingerprint density at radius 2 is 2.00 bits per heavy atom. The highest BCUT2D eigenvalue weighted by Gasteiger charge is 2.35. The Morgan fingerprint density at radius 3 is 2.70 bits per heavy atom. The molecule has 2 heterocycles. The van der Waals surface area contributed by atoms with Gasteiger partial charge in [0.25, 0.3) is 0 Å². The molecule has 0 aliphatic carbocycles. The van der Waals surface area contributed by atoms with Crippen LogP contribution in [0.1, 0.15) is 36.5 Å². The molecule has 0 N–H and O–H groups in total. The van der Waals surface area contributed by atoms with Crippen LogP contribution in [0.25, 0.3) is 0 Å². The highest BCUT2D eigenvalue weighted by Crippen LogP contribution is 2.26. The summed E-state index contributed by atoms with van der Waals surface area (Å²) in [5.74, 6) is 0.487. The number of ketones is 1. The number of hydrogen-bond acceptors (Lipinski definition) is 3. The maximum Gasteiger partial charge on any atom is 0.223 e. The van der Waals surface area contributed by atoms with Gasteiger partial charge >= 0.3 is 0 Å². The van der Waals surface area contributed by atoms with Crippen molar-refractivity contribution >= 4 is 17.4 Å². The van der Waals surface area contributed by atoms with Gasteiger partial charge in [-0.25, -0.2) is 0 Å². The van der Waals surface area contributed by atoms with Crippen molar-refractivity contribution in [3.63, 3.8) is 0 Å². The molecule has 1 aromatic rings. The molecular weight excluding hydrogens is 252 g/mol. The summed E-state index contributed by atoms with van der Waals surface area (Å²) in [6.45, 7) is 4.49. The lowest BCUT2D eigenvalue weighted by Crippen LogP contribution is -2.51. The standard InChI is InChI=1S/C16H20N2O2/c1-2-15(19)12-3-5-13(6-4-12)17-9-10-18-14(11-17)7-8-16(18)20/h3-6,14H,2,7-11H2,1H3. The molecule has 4 heteroatoms. The Labute approximate surface area is 119 Å². The molecule has 0 radical (unpaired) electrons. The number of Topliss-reactive ketones (excluding diaryl/α,β-unsaturated/α-hetero) is 1. The van der Waals surface area contributed by atoms with E-state index in [2.05, 4.69) is 4.90 Å². The number of anilines is 1. The van der Waals surface area contributed by atoms with Gasteiger partial charge in [-0.3, -0.25) is 9.59 Å². The molecule has 0 bridgehead atoms. The van der Waals surface area contributed by atoms with E-state index in [1.54, 1.807) is 0 Å². The number of nitrogens with zero attached hydrogens (tertiary/aromatic N) is 2. The zero-order valence-corrected chi connectivity index (χ0v) is 11.8. The second-order valence-corrected chi connectivity index (χ2v) is 5.55. The van der Waals surface area contributed by atoms with Crippen LogP contribution in [0.2, 0.25) is 0 Å². The van der Waals surface area contributed by atoms with E-state index >= 15 is 0 Å². The Hall–Kier alpha value is -1.84. The molecule has 1 unspecified atom stereocenters. The van der Waals surface area contributed by atoms with Crippen molar-refractivity contribution in [2.45, 2.75) is 32.2 Å². The van der Waals surface area contributed by atoms with Gasteiger partial charge in [-0.15, -0.1) is 0 Å². The van der Waals surface area contributed by atoms with Gasteiger partial charge in [0, 0.05) is 49.8 Å². The molecule has 0 spiro atoms. The Balaban J connectivity index is 1.71. The van der Waals surface area contributed by atoms with E-state index in [1.165, 1.54) is 0 Å². The summed E-state index contributed by atoms with van der Waals surface area (Å²) in [4.78, 5) is 27.6. The minimum atomic E-state index is 0.183. The van der Waals surface area contributed by atoms with Crippen molar-refractivity contribution in [3.8, 4) is 0 Å². The second-order valence-electron chi connectivity index (χ2n) is 5.55. The Bertz CT molecular complexity index is 524. The third kappa shape index (κ3) is 2.30. The highest BCUT2D eigenvalue weighted by molar-refractivity contribution is 5.96. The smallest absolute Gasteiger partial charge is 0.223 e. The summed E-state index contributed by atoms with van der Waals surface area (Å²) in [6, 6.07) is 8.24. The average Bonchev–Trinajstić information content (AvgIpc) is 2.87. The van der Waals surface area contributed by atoms with Gasteiger partial charge < -0.3 is 9.80 Å². The lowest BCUT2D eigenvalue weighted by molar-refractivity contribution is -0.129. The third-order valence-electron chi connectivity index (χ3n) is 4.37. The summed E-state index contributed by atoms with van der Waals surface area (Å²) in [7, 11) is 0. The molecule has 0 aromatic heterocycles. The second kappa shape index (κ2) is 5.27. The maximum atomic E-state index is 11.7. The summed E-state index contributed by atoms with van der Waals surface area (Å²) in [5, 5.41) is 0. The largest absolute Gasteiger partial charge is 0.368 e. The summed E-state index contributed by atoms with van der Waals surface area (Å²) in [5.41, 5.74) is 1.93. The number of piperazine rings is 1. The molecule has 1 amide bonds. The topological polar surface area (TPSA) is 40.6 Å².